The molecule has 2 aliphatic heterocycles. The average Bonchev–Trinajstić information content (AvgIpc) is 2.75. The van der Waals surface area contributed by atoms with Gasteiger partial charge in [0.1, 0.15) is 17.7 Å². The van der Waals surface area contributed by atoms with E-state index in [1.54, 1.807) is 12.1 Å². The Morgan fingerprint density at radius 2 is 1.81 bits per heavy atom. The maximum Gasteiger partial charge on any atom is 0.497 e. The molecule has 1 aromatic rings. The molecule has 2 heterocycles. The van der Waals surface area contributed by atoms with Gasteiger partial charge in [-0.05, 0) is 33.8 Å². The quantitative estimate of drug-likeness (QED) is 0.835. The van der Waals surface area contributed by atoms with Crippen LogP contribution in [0.15, 0.2) is 18.2 Å². The number of halogens is 1. The standard InChI is InChI=1S/C18H25BFNO5/c1-17(2)18(3,4)26-19(25-17)14-6-5-13(11-15(14)20)24-12-7-9-21(10-8-12)16(22)23/h5-6,11-12H,7-10H2,1-4H3,(H,22,23). The van der Waals surface area contributed by atoms with Crippen LogP contribution in [0.25, 0.3) is 0 Å². The number of ether oxygens (including phenoxy) is 1. The lowest BCUT2D eigenvalue weighted by atomic mass is 9.78. The van der Waals surface area contributed by atoms with Crippen LogP contribution in [0, 0.1) is 5.82 Å². The average molecular weight is 365 g/mol. The molecule has 0 atom stereocenters. The van der Waals surface area contributed by atoms with Gasteiger partial charge in [-0.15, -0.1) is 0 Å². The lowest BCUT2D eigenvalue weighted by Crippen LogP contribution is -2.41. The number of piperidine rings is 1. The molecule has 6 nitrogen and oxygen atoms in total. The molecule has 0 saturated carbocycles. The van der Waals surface area contributed by atoms with E-state index in [0.717, 1.165) is 0 Å². The van der Waals surface area contributed by atoms with E-state index >= 15 is 0 Å². The highest BCUT2D eigenvalue weighted by molar-refractivity contribution is 6.62. The first-order valence-corrected chi connectivity index (χ1v) is 8.89. The van der Waals surface area contributed by atoms with E-state index in [1.807, 2.05) is 27.7 Å². The number of rotatable bonds is 3. The largest absolute Gasteiger partial charge is 0.497 e. The zero-order chi connectivity index (χ0) is 19.1. The minimum Gasteiger partial charge on any atom is -0.490 e. The number of nitrogens with zero attached hydrogens (tertiary/aromatic N) is 1. The van der Waals surface area contributed by atoms with Gasteiger partial charge in [0.15, 0.2) is 0 Å². The molecular weight excluding hydrogens is 340 g/mol. The zero-order valence-electron chi connectivity index (χ0n) is 15.6. The molecule has 0 aliphatic carbocycles. The Balaban J connectivity index is 1.65. The van der Waals surface area contributed by atoms with Crippen molar-refractivity contribution in [2.75, 3.05) is 13.1 Å². The van der Waals surface area contributed by atoms with Gasteiger partial charge in [-0.3, -0.25) is 0 Å². The molecule has 0 radical (unpaired) electrons. The predicted molar refractivity (Wildman–Crippen MR) is 95.4 cm³/mol. The van der Waals surface area contributed by atoms with E-state index in [-0.39, 0.29) is 6.10 Å². The number of likely N-dealkylation sites (tertiary alicyclic amines) is 1. The summed E-state index contributed by atoms with van der Waals surface area (Å²) in [7, 11) is -0.757. The molecule has 0 aromatic heterocycles. The first-order chi connectivity index (χ1) is 12.1. The summed E-state index contributed by atoms with van der Waals surface area (Å²) < 4.78 is 32.2. The van der Waals surface area contributed by atoms with Crippen LogP contribution in [0.2, 0.25) is 0 Å². The summed E-state index contributed by atoms with van der Waals surface area (Å²) in [6, 6.07) is 4.66. The van der Waals surface area contributed by atoms with Gasteiger partial charge in [0, 0.05) is 37.5 Å². The van der Waals surface area contributed by atoms with Gasteiger partial charge in [-0.25, -0.2) is 9.18 Å². The Labute approximate surface area is 153 Å². The van der Waals surface area contributed by atoms with E-state index in [9.17, 15) is 9.18 Å². The molecule has 0 bridgehead atoms. The van der Waals surface area contributed by atoms with Crippen LogP contribution in [0.4, 0.5) is 9.18 Å². The van der Waals surface area contributed by atoms with E-state index in [0.29, 0.717) is 37.1 Å². The molecule has 3 rings (SSSR count). The first-order valence-electron chi connectivity index (χ1n) is 8.89. The topological polar surface area (TPSA) is 68.2 Å². The fourth-order valence-corrected chi connectivity index (χ4v) is 3.10. The van der Waals surface area contributed by atoms with Crippen LogP contribution < -0.4 is 10.2 Å². The van der Waals surface area contributed by atoms with Gasteiger partial charge in [-0.2, -0.15) is 0 Å². The Morgan fingerprint density at radius 3 is 2.31 bits per heavy atom. The number of carbonyl (C=O) groups is 1. The van der Waals surface area contributed by atoms with Crippen LogP contribution in [0.5, 0.6) is 5.75 Å². The Bertz CT molecular complexity index is 672. The molecule has 2 aliphatic rings. The van der Waals surface area contributed by atoms with Crippen molar-refractivity contribution in [2.24, 2.45) is 0 Å². The third kappa shape index (κ3) is 3.66. The highest BCUT2D eigenvalue weighted by Gasteiger charge is 2.52. The van der Waals surface area contributed by atoms with E-state index < -0.39 is 30.2 Å². The van der Waals surface area contributed by atoms with Crippen LogP contribution >= 0.6 is 0 Å². The van der Waals surface area contributed by atoms with Crippen LogP contribution in [-0.4, -0.2) is 53.6 Å². The second kappa shape index (κ2) is 6.74. The molecule has 142 valence electrons. The third-order valence-corrected chi connectivity index (χ3v) is 5.49. The van der Waals surface area contributed by atoms with Crippen molar-refractivity contribution in [1.82, 2.24) is 4.90 Å². The number of benzene rings is 1. The van der Waals surface area contributed by atoms with Gasteiger partial charge in [0.25, 0.3) is 0 Å². The molecule has 2 fully saturated rings. The normalized spacial score (nSPS) is 22.5. The summed E-state index contributed by atoms with van der Waals surface area (Å²) in [5.74, 6) is -0.0134. The number of amides is 1. The summed E-state index contributed by atoms with van der Waals surface area (Å²) >= 11 is 0. The monoisotopic (exact) mass is 365 g/mol. The highest BCUT2D eigenvalue weighted by Crippen LogP contribution is 2.36. The molecule has 0 unspecified atom stereocenters. The molecule has 1 N–H and O–H groups in total. The fourth-order valence-electron chi connectivity index (χ4n) is 3.10. The Hall–Kier alpha value is -1.80. The van der Waals surface area contributed by atoms with Gasteiger partial charge >= 0.3 is 13.2 Å². The third-order valence-electron chi connectivity index (χ3n) is 5.49. The zero-order valence-corrected chi connectivity index (χ0v) is 15.6. The van der Waals surface area contributed by atoms with Crippen molar-refractivity contribution in [1.29, 1.82) is 0 Å². The SMILES string of the molecule is CC1(C)OB(c2ccc(OC3CCN(C(=O)O)CC3)cc2F)OC1(C)C. The second-order valence-corrected chi connectivity index (χ2v) is 7.86. The van der Waals surface area contributed by atoms with E-state index in [2.05, 4.69) is 0 Å². The molecule has 0 spiro atoms. The van der Waals surface area contributed by atoms with Crippen molar-refractivity contribution in [2.45, 2.75) is 57.8 Å². The minimum absolute atomic E-state index is 0.118. The molecule has 26 heavy (non-hydrogen) atoms. The first kappa shape index (κ1) is 19.0. The van der Waals surface area contributed by atoms with Gasteiger partial charge in [0.2, 0.25) is 0 Å². The van der Waals surface area contributed by atoms with E-state index in [1.165, 1.54) is 11.0 Å². The van der Waals surface area contributed by atoms with Crippen molar-refractivity contribution < 1.29 is 28.3 Å². The van der Waals surface area contributed by atoms with Gasteiger partial charge in [-0.1, -0.05) is 6.07 Å². The summed E-state index contributed by atoms with van der Waals surface area (Å²) in [6.07, 6.45) is 0.147. The van der Waals surface area contributed by atoms with Crippen LogP contribution in [0.3, 0.4) is 0 Å². The number of hydrogen-bond acceptors (Lipinski definition) is 4. The summed E-state index contributed by atoms with van der Waals surface area (Å²) in [5.41, 5.74) is -0.717. The molecule has 2 saturated heterocycles. The predicted octanol–water partition coefficient (Wildman–Crippen LogP) is 2.65. The molecule has 1 aromatic carbocycles. The summed E-state index contributed by atoms with van der Waals surface area (Å²) in [4.78, 5) is 12.3. The molecule has 1 amide bonds. The lowest BCUT2D eigenvalue weighted by molar-refractivity contribution is 0.00578. The molecule has 8 heteroatoms. The van der Waals surface area contributed by atoms with Crippen molar-refractivity contribution in [3.63, 3.8) is 0 Å². The van der Waals surface area contributed by atoms with Crippen LogP contribution in [-0.2, 0) is 9.31 Å². The lowest BCUT2D eigenvalue weighted by Gasteiger charge is -2.32. The number of hydrogen-bond donors (Lipinski definition) is 1. The van der Waals surface area contributed by atoms with E-state index in [4.69, 9.17) is 19.2 Å². The highest BCUT2D eigenvalue weighted by atomic mass is 19.1. The Morgan fingerprint density at radius 1 is 1.23 bits per heavy atom. The van der Waals surface area contributed by atoms with Crippen molar-refractivity contribution in [3.8, 4) is 5.75 Å². The van der Waals surface area contributed by atoms with Gasteiger partial charge < -0.3 is 24.1 Å². The minimum atomic E-state index is -0.916. The fraction of sp³-hybridized carbons (Fsp3) is 0.611. The van der Waals surface area contributed by atoms with Gasteiger partial charge in [0.05, 0.1) is 11.2 Å². The van der Waals surface area contributed by atoms with Crippen molar-refractivity contribution in [3.05, 3.63) is 24.0 Å². The summed E-state index contributed by atoms with van der Waals surface area (Å²) in [5, 5.41) is 8.97. The maximum absolute atomic E-state index is 14.6. The van der Waals surface area contributed by atoms with Crippen LogP contribution in [0.1, 0.15) is 40.5 Å². The Kier molecular flexibility index (Phi) is 4.92. The number of carboxylic acid groups (broad SMARTS) is 1. The smallest absolute Gasteiger partial charge is 0.490 e. The summed E-state index contributed by atoms with van der Waals surface area (Å²) in [6.45, 7) is 8.54. The molecular formula is C18H25BFNO5. The maximum atomic E-state index is 14.6. The second-order valence-electron chi connectivity index (χ2n) is 7.86. The van der Waals surface area contributed by atoms with Crippen molar-refractivity contribution >= 4 is 18.7 Å².